The summed E-state index contributed by atoms with van der Waals surface area (Å²) in [6.45, 7) is 0. The van der Waals surface area contributed by atoms with Crippen LogP contribution in [0.3, 0.4) is 0 Å². The van der Waals surface area contributed by atoms with Crippen LogP contribution in [0.5, 0.6) is 5.75 Å². The summed E-state index contributed by atoms with van der Waals surface area (Å²) in [4.78, 5) is 0. The molecule has 0 amide bonds. The molecule has 0 saturated heterocycles. The van der Waals surface area contributed by atoms with Gasteiger partial charge in [0.25, 0.3) is 0 Å². The third kappa shape index (κ3) is 2.67. The van der Waals surface area contributed by atoms with E-state index in [-0.39, 0.29) is 0 Å². The molecule has 3 heteroatoms. The third-order valence-electron chi connectivity index (χ3n) is 4.33. The maximum Gasteiger partial charge on any atom is 0.126 e. The Morgan fingerprint density at radius 2 is 1.76 bits per heavy atom. The second kappa shape index (κ2) is 6.43. The summed E-state index contributed by atoms with van der Waals surface area (Å²) < 4.78 is 6.74. The molecule has 0 spiro atoms. The van der Waals surface area contributed by atoms with Crippen LogP contribution in [0.15, 0.2) is 66.0 Å². The van der Waals surface area contributed by atoms with Gasteiger partial charge in [-0.1, -0.05) is 48.5 Å². The molecule has 4 aromatic rings. The van der Waals surface area contributed by atoms with Crippen LogP contribution in [-0.2, 0) is 0 Å². The van der Waals surface area contributed by atoms with E-state index < -0.39 is 0 Å². The van der Waals surface area contributed by atoms with Crippen molar-refractivity contribution in [1.82, 2.24) is 0 Å². The number of rotatable bonds is 3. The van der Waals surface area contributed by atoms with E-state index in [1.807, 2.05) is 42.5 Å². The first-order chi connectivity index (χ1) is 12.3. The Hall–Kier alpha value is -3.09. The van der Waals surface area contributed by atoms with Crippen molar-refractivity contribution in [2.45, 2.75) is 0 Å². The molecular formula is C22H15NOS. The quantitative estimate of drug-likeness (QED) is 0.420. The molecule has 0 radical (unpaired) electrons. The van der Waals surface area contributed by atoms with Crippen LogP contribution in [0.2, 0.25) is 0 Å². The highest BCUT2D eigenvalue weighted by Gasteiger charge is 2.12. The maximum absolute atomic E-state index is 9.80. The lowest BCUT2D eigenvalue weighted by atomic mass is 9.98. The molecule has 25 heavy (non-hydrogen) atoms. The largest absolute Gasteiger partial charge is 0.496 e. The lowest BCUT2D eigenvalue weighted by Crippen LogP contribution is -1.90. The van der Waals surface area contributed by atoms with Gasteiger partial charge in [0.2, 0.25) is 0 Å². The molecule has 0 bridgehead atoms. The number of ether oxygens (including phenoxy) is 1. The number of fused-ring (bicyclic) bond motifs is 2. The van der Waals surface area contributed by atoms with Gasteiger partial charge in [-0.15, -0.1) is 11.3 Å². The van der Waals surface area contributed by atoms with Gasteiger partial charge in [-0.3, -0.25) is 0 Å². The Labute approximate surface area is 150 Å². The molecule has 0 aliphatic heterocycles. The zero-order valence-corrected chi connectivity index (χ0v) is 14.5. The minimum Gasteiger partial charge on any atom is -0.496 e. The Morgan fingerprint density at radius 1 is 1.00 bits per heavy atom. The summed E-state index contributed by atoms with van der Waals surface area (Å²) in [7, 11) is 1.66. The predicted octanol–water partition coefficient (Wildman–Crippen LogP) is 6.13. The lowest BCUT2D eigenvalue weighted by Gasteiger charge is -2.09. The molecule has 0 N–H and O–H groups in total. The van der Waals surface area contributed by atoms with Gasteiger partial charge < -0.3 is 4.74 Å². The Morgan fingerprint density at radius 3 is 2.56 bits per heavy atom. The van der Waals surface area contributed by atoms with E-state index in [1.54, 1.807) is 18.4 Å². The number of nitriles is 1. The van der Waals surface area contributed by atoms with E-state index in [1.165, 1.54) is 4.70 Å². The second-order valence-electron chi connectivity index (χ2n) is 5.72. The van der Waals surface area contributed by atoms with Gasteiger partial charge in [0.15, 0.2) is 0 Å². The van der Waals surface area contributed by atoms with Crippen molar-refractivity contribution in [3.05, 3.63) is 77.2 Å². The first-order valence-corrected chi connectivity index (χ1v) is 8.84. The van der Waals surface area contributed by atoms with E-state index in [0.29, 0.717) is 5.57 Å². The average molecular weight is 341 g/mol. The van der Waals surface area contributed by atoms with Crippen LogP contribution >= 0.6 is 11.3 Å². The average Bonchev–Trinajstić information content (AvgIpc) is 3.10. The summed E-state index contributed by atoms with van der Waals surface area (Å²) >= 11 is 1.66. The zero-order chi connectivity index (χ0) is 17.2. The molecule has 1 aromatic heterocycles. The van der Waals surface area contributed by atoms with Crippen LogP contribution in [-0.4, -0.2) is 7.11 Å². The number of benzene rings is 3. The summed E-state index contributed by atoms with van der Waals surface area (Å²) in [6.07, 6.45) is 1.94. The van der Waals surface area contributed by atoms with Crippen molar-refractivity contribution in [3.8, 4) is 11.8 Å². The summed E-state index contributed by atoms with van der Waals surface area (Å²) in [5.41, 5.74) is 2.55. The first kappa shape index (κ1) is 15.4. The molecule has 0 atom stereocenters. The van der Waals surface area contributed by atoms with Gasteiger partial charge in [-0.05, 0) is 29.0 Å². The van der Waals surface area contributed by atoms with E-state index in [2.05, 4.69) is 35.7 Å². The smallest absolute Gasteiger partial charge is 0.126 e. The van der Waals surface area contributed by atoms with Crippen LogP contribution in [0.25, 0.3) is 32.5 Å². The Bertz CT molecular complexity index is 1150. The minimum absolute atomic E-state index is 0.645. The van der Waals surface area contributed by atoms with Crippen molar-refractivity contribution >= 4 is 43.8 Å². The van der Waals surface area contributed by atoms with Crippen molar-refractivity contribution in [3.63, 3.8) is 0 Å². The standard InChI is InChI=1S/C22H15NOS/c1-24-21-11-10-15-6-2-3-7-17(15)19(21)12-16(13-23)20-14-25-22-9-5-4-8-18(20)22/h2-12,14H,1H3/b16-12+. The first-order valence-electron chi connectivity index (χ1n) is 7.96. The van der Waals surface area contributed by atoms with Gasteiger partial charge in [0.1, 0.15) is 5.75 Å². The number of allylic oxidation sites excluding steroid dienone is 1. The fraction of sp³-hybridized carbons (Fsp3) is 0.0455. The topological polar surface area (TPSA) is 33.0 Å². The lowest BCUT2D eigenvalue weighted by molar-refractivity contribution is 0.414. The molecule has 0 saturated carbocycles. The molecule has 2 nitrogen and oxygen atoms in total. The number of hydrogen-bond donors (Lipinski definition) is 0. The number of nitrogens with zero attached hydrogens (tertiary/aromatic N) is 1. The maximum atomic E-state index is 9.80. The van der Waals surface area contributed by atoms with Gasteiger partial charge in [-0.25, -0.2) is 0 Å². The van der Waals surface area contributed by atoms with E-state index >= 15 is 0 Å². The monoisotopic (exact) mass is 341 g/mol. The van der Waals surface area contributed by atoms with Crippen molar-refractivity contribution in [1.29, 1.82) is 5.26 Å². The van der Waals surface area contributed by atoms with Crippen LogP contribution in [0.1, 0.15) is 11.1 Å². The minimum atomic E-state index is 0.645. The molecular weight excluding hydrogens is 326 g/mol. The number of hydrogen-bond acceptors (Lipinski definition) is 3. The van der Waals surface area contributed by atoms with Crippen LogP contribution in [0, 0.1) is 11.3 Å². The highest BCUT2D eigenvalue weighted by atomic mass is 32.1. The normalized spacial score (nSPS) is 11.6. The molecule has 0 fully saturated rings. The van der Waals surface area contributed by atoms with E-state index in [0.717, 1.165) is 33.0 Å². The third-order valence-corrected chi connectivity index (χ3v) is 5.29. The van der Waals surface area contributed by atoms with Gasteiger partial charge in [0, 0.05) is 26.6 Å². The molecule has 0 aliphatic carbocycles. The zero-order valence-electron chi connectivity index (χ0n) is 13.7. The Kier molecular flexibility index (Phi) is 3.97. The summed E-state index contributed by atoms with van der Waals surface area (Å²) in [6, 6.07) is 22.7. The van der Waals surface area contributed by atoms with E-state index in [4.69, 9.17) is 4.74 Å². The fourth-order valence-corrected chi connectivity index (χ4v) is 4.06. The summed E-state index contributed by atoms with van der Waals surface area (Å²) in [5.74, 6) is 0.769. The Balaban J connectivity index is 1.98. The van der Waals surface area contributed by atoms with Crippen molar-refractivity contribution in [2.75, 3.05) is 7.11 Å². The second-order valence-corrected chi connectivity index (χ2v) is 6.63. The molecule has 120 valence electrons. The predicted molar refractivity (Wildman–Crippen MR) is 106 cm³/mol. The van der Waals surface area contributed by atoms with E-state index in [9.17, 15) is 5.26 Å². The molecule has 4 rings (SSSR count). The van der Waals surface area contributed by atoms with Crippen molar-refractivity contribution < 1.29 is 4.74 Å². The molecule has 0 unspecified atom stereocenters. The number of thiophene rings is 1. The molecule has 1 heterocycles. The number of methoxy groups -OCH3 is 1. The highest BCUT2D eigenvalue weighted by molar-refractivity contribution is 7.17. The molecule has 0 aliphatic rings. The fourth-order valence-electron chi connectivity index (χ4n) is 3.10. The van der Waals surface area contributed by atoms with Gasteiger partial charge in [0.05, 0.1) is 18.8 Å². The molecule has 3 aromatic carbocycles. The summed E-state index contributed by atoms with van der Waals surface area (Å²) in [5, 5.41) is 15.2. The van der Waals surface area contributed by atoms with Gasteiger partial charge >= 0.3 is 0 Å². The highest BCUT2D eigenvalue weighted by Crippen LogP contribution is 2.35. The van der Waals surface area contributed by atoms with Gasteiger partial charge in [-0.2, -0.15) is 5.26 Å². The van der Waals surface area contributed by atoms with Crippen LogP contribution < -0.4 is 4.74 Å². The van der Waals surface area contributed by atoms with Crippen LogP contribution in [0.4, 0.5) is 0 Å². The SMILES string of the molecule is COc1ccc2ccccc2c1/C=C(\C#N)c1csc2ccccc12. The van der Waals surface area contributed by atoms with Crippen molar-refractivity contribution in [2.24, 2.45) is 0 Å².